The summed E-state index contributed by atoms with van der Waals surface area (Å²) < 4.78 is 13.2. The first-order valence-electron chi connectivity index (χ1n) is 6.14. The number of nitrogens with zero attached hydrogens (tertiary/aromatic N) is 2. The Kier molecular flexibility index (Phi) is 6.19. The van der Waals surface area contributed by atoms with Gasteiger partial charge < -0.3 is 5.32 Å². The molecule has 1 aromatic rings. The van der Waals surface area contributed by atoms with Gasteiger partial charge in [-0.3, -0.25) is 9.00 Å². The second-order valence-corrected chi connectivity index (χ2v) is 7.54. The fraction of sp³-hybridized carbons (Fsp3) is 0.667. The van der Waals surface area contributed by atoms with E-state index in [1.54, 1.807) is 12.5 Å². The van der Waals surface area contributed by atoms with E-state index in [4.69, 9.17) is 0 Å². The van der Waals surface area contributed by atoms with E-state index in [-0.39, 0.29) is 10.8 Å². The Hall–Kier alpha value is -0.690. The average molecular weight is 350 g/mol. The lowest BCUT2D eigenvalue weighted by Gasteiger charge is -2.13. The Labute approximate surface area is 124 Å². The maximum atomic E-state index is 12.1. The van der Waals surface area contributed by atoms with Crippen molar-refractivity contribution in [1.29, 1.82) is 0 Å². The van der Waals surface area contributed by atoms with Crippen molar-refractivity contribution in [3.05, 3.63) is 21.0 Å². The van der Waals surface area contributed by atoms with Crippen LogP contribution >= 0.6 is 15.9 Å². The summed E-state index contributed by atoms with van der Waals surface area (Å²) in [6.45, 7) is 7.09. The lowest BCUT2D eigenvalue weighted by Crippen LogP contribution is -2.28. The smallest absolute Gasteiger partial charge is 0.283 e. The Balaban J connectivity index is 2.85. The van der Waals surface area contributed by atoms with Gasteiger partial charge in [-0.25, -0.2) is 4.68 Å². The third-order valence-electron chi connectivity index (χ3n) is 2.67. The molecule has 0 spiro atoms. The van der Waals surface area contributed by atoms with E-state index >= 15 is 0 Å². The quantitative estimate of drug-likeness (QED) is 0.850. The van der Waals surface area contributed by atoms with E-state index in [2.05, 4.69) is 26.3 Å². The summed E-state index contributed by atoms with van der Waals surface area (Å²) in [5.74, 6) is 0.360. The van der Waals surface area contributed by atoms with Crippen LogP contribution in [-0.2, 0) is 17.3 Å². The van der Waals surface area contributed by atoms with Crippen molar-refractivity contribution < 1.29 is 4.21 Å². The first-order chi connectivity index (χ1) is 8.82. The van der Waals surface area contributed by atoms with E-state index in [9.17, 15) is 9.00 Å². The molecule has 0 aliphatic heterocycles. The molecule has 2 atom stereocenters. The first-order valence-corrected chi connectivity index (χ1v) is 8.56. The number of aromatic nitrogens is 2. The average Bonchev–Trinajstić information content (AvgIpc) is 2.33. The van der Waals surface area contributed by atoms with Crippen LogP contribution < -0.4 is 10.9 Å². The zero-order valence-electron chi connectivity index (χ0n) is 11.6. The van der Waals surface area contributed by atoms with Gasteiger partial charge in [-0.15, -0.1) is 0 Å². The molecule has 0 aliphatic rings. The molecule has 5 nitrogen and oxygen atoms in total. The van der Waals surface area contributed by atoms with Crippen molar-refractivity contribution in [2.45, 2.75) is 32.6 Å². The summed E-state index contributed by atoms with van der Waals surface area (Å²) in [5.41, 5.74) is 0.492. The topological polar surface area (TPSA) is 64.0 Å². The van der Waals surface area contributed by atoms with Crippen LogP contribution in [0.15, 0.2) is 15.5 Å². The number of nitrogens with one attached hydrogen (secondary N) is 1. The molecule has 0 radical (unpaired) electrons. The van der Waals surface area contributed by atoms with Crippen molar-refractivity contribution in [3.63, 3.8) is 0 Å². The van der Waals surface area contributed by atoms with E-state index < -0.39 is 10.8 Å². The molecule has 0 saturated heterocycles. The van der Waals surface area contributed by atoms with Crippen molar-refractivity contribution in [1.82, 2.24) is 9.78 Å². The minimum absolute atomic E-state index is 0.0185. The Morgan fingerprint density at radius 3 is 2.63 bits per heavy atom. The molecule has 7 heteroatoms. The van der Waals surface area contributed by atoms with Gasteiger partial charge in [-0.1, -0.05) is 13.8 Å². The fourth-order valence-corrected chi connectivity index (χ4v) is 2.20. The fourth-order valence-electron chi connectivity index (χ4n) is 1.44. The molecule has 19 heavy (non-hydrogen) atoms. The van der Waals surface area contributed by atoms with Crippen molar-refractivity contribution >= 4 is 32.4 Å². The van der Waals surface area contributed by atoms with Crippen molar-refractivity contribution in [3.8, 4) is 0 Å². The lowest BCUT2D eigenvalue weighted by atomic mass is 10.2. The molecule has 0 amide bonds. The molecule has 1 rings (SSSR count). The van der Waals surface area contributed by atoms with E-state index in [0.717, 1.165) is 0 Å². The highest BCUT2D eigenvalue weighted by Crippen LogP contribution is 2.16. The second kappa shape index (κ2) is 7.19. The Morgan fingerprint density at radius 2 is 2.11 bits per heavy atom. The predicted octanol–water partition coefficient (Wildman–Crippen LogP) is 1.84. The van der Waals surface area contributed by atoms with Crippen LogP contribution in [0.2, 0.25) is 0 Å². The summed E-state index contributed by atoms with van der Waals surface area (Å²) in [6, 6.07) is 0. The molecule has 1 aromatic heterocycles. The largest absolute Gasteiger partial charge is 0.381 e. The van der Waals surface area contributed by atoms with Crippen molar-refractivity contribution in [2.75, 3.05) is 18.1 Å². The van der Waals surface area contributed by atoms with E-state index in [0.29, 0.717) is 29.2 Å². The standard InChI is InChI=1S/C12H20BrN3O2S/c1-8(2)7-16-12(17)11(13)10(6-15-16)14-5-9(3)19(4)18/h6,8-9,14H,5,7H2,1-4H3. The van der Waals surface area contributed by atoms with Gasteiger partial charge in [0.2, 0.25) is 0 Å². The molecule has 0 saturated carbocycles. The molecule has 0 fully saturated rings. The highest BCUT2D eigenvalue weighted by atomic mass is 79.9. The zero-order valence-corrected chi connectivity index (χ0v) is 14.0. The van der Waals surface area contributed by atoms with Gasteiger partial charge in [0.15, 0.2) is 0 Å². The second-order valence-electron chi connectivity index (χ2n) is 4.94. The van der Waals surface area contributed by atoms with Gasteiger partial charge in [0.1, 0.15) is 4.47 Å². The van der Waals surface area contributed by atoms with E-state index in [1.807, 2.05) is 20.8 Å². The van der Waals surface area contributed by atoms with Crippen LogP contribution in [-0.4, -0.2) is 32.0 Å². The normalized spacial score (nSPS) is 14.4. The van der Waals surface area contributed by atoms with Crippen LogP contribution in [0.4, 0.5) is 5.69 Å². The van der Waals surface area contributed by atoms with Crippen LogP contribution in [0.3, 0.4) is 0 Å². The summed E-state index contributed by atoms with van der Waals surface area (Å²) >= 11 is 3.30. The summed E-state index contributed by atoms with van der Waals surface area (Å²) in [4.78, 5) is 12.1. The van der Waals surface area contributed by atoms with Gasteiger partial charge in [0.25, 0.3) is 5.56 Å². The number of anilines is 1. The van der Waals surface area contributed by atoms with Gasteiger partial charge in [0, 0.05) is 35.4 Å². The van der Waals surface area contributed by atoms with Crippen LogP contribution in [0.5, 0.6) is 0 Å². The summed E-state index contributed by atoms with van der Waals surface area (Å²) in [7, 11) is -0.890. The van der Waals surface area contributed by atoms with Crippen LogP contribution in [0.25, 0.3) is 0 Å². The highest BCUT2D eigenvalue weighted by Gasteiger charge is 2.11. The minimum atomic E-state index is -0.890. The minimum Gasteiger partial charge on any atom is -0.381 e. The van der Waals surface area contributed by atoms with Crippen LogP contribution in [0.1, 0.15) is 20.8 Å². The zero-order chi connectivity index (χ0) is 14.6. The molecule has 0 aliphatic carbocycles. The number of hydrogen-bond acceptors (Lipinski definition) is 4. The molecule has 0 aromatic carbocycles. The van der Waals surface area contributed by atoms with Gasteiger partial charge >= 0.3 is 0 Å². The highest BCUT2D eigenvalue weighted by molar-refractivity contribution is 9.10. The molecule has 108 valence electrons. The summed E-state index contributed by atoms with van der Waals surface area (Å²) in [5, 5.41) is 7.26. The molecular weight excluding hydrogens is 330 g/mol. The number of hydrogen-bond donors (Lipinski definition) is 1. The molecule has 2 unspecified atom stereocenters. The molecule has 0 bridgehead atoms. The van der Waals surface area contributed by atoms with Crippen molar-refractivity contribution in [2.24, 2.45) is 5.92 Å². The monoisotopic (exact) mass is 349 g/mol. The summed E-state index contributed by atoms with van der Waals surface area (Å²) in [6.07, 6.45) is 3.29. The number of rotatable bonds is 6. The third kappa shape index (κ3) is 4.72. The Morgan fingerprint density at radius 1 is 1.47 bits per heavy atom. The molecule has 1 heterocycles. The molecule has 1 N–H and O–H groups in total. The lowest BCUT2D eigenvalue weighted by molar-refractivity contribution is 0.462. The van der Waals surface area contributed by atoms with Gasteiger partial charge in [-0.2, -0.15) is 5.10 Å². The maximum absolute atomic E-state index is 12.1. The number of halogens is 1. The SMILES string of the molecule is CC(C)Cn1ncc(NCC(C)S(C)=O)c(Br)c1=O. The van der Waals surface area contributed by atoms with Crippen LogP contribution in [0, 0.1) is 5.92 Å². The third-order valence-corrected chi connectivity index (χ3v) is 4.74. The molecular formula is C12H20BrN3O2S. The first kappa shape index (κ1) is 16.4. The maximum Gasteiger partial charge on any atom is 0.283 e. The van der Waals surface area contributed by atoms with Gasteiger partial charge in [0.05, 0.1) is 11.9 Å². The predicted molar refractivity (Wildman–Crippen MR) is 83.1 cm³/mol. The van der Waals surface area contributed by atoms with Gasteiger partial charge in [-0.05, 0) is 28.8 Å². The Bertz CT molecular complexity index is 516. The van der Waals surface area contributed by atoms with E-state index in [1.165, 1.54) is 4.68 Å².